The SMILES string of the molecule is O=c1[nH]c(CC2CCCO2)nc2c1CCCC2. The van der Waals surface area contributed by atoms with Gasteiger partial charge in [0.1, 0.15) is 5.82 Å². The fourth-order valence-electron chi connectivity index (χ4n) is 2.77. The number of hydrogen-bond donors (Lipinski definition) is 1. The van der Waals surface area contributed by atoms with Crippen LogP contribution in [0.4, 0.5) is 0 Å². The van der Waals surface area contributed by atoms with Gasteiger partial charge in [-0.15, -0.1) is 0 Å². The number of nitrogens with one attached hydrogen (secondary N) is 1. The van der Waals surface area contributed by atoms with Crippen LogP contribution in [0.2, 0.25) is 0 Å². The highest BCUT2D eigenvalue weighted by atomic mass is 16.5. The number of aromatic nitrogens is 2. The van der Waals surface area contributed by atoms with E-state index in [-0.39, 0.29) is 11.7 Å². The van der Waals surface area contributed by atoms with E-state index in [0.29, 0.717) is 0 Å². The molecule has 4 heteroatoms. The first-order chi connectivity index (χ1) is 8.33. The molecule has 2 heterocycles. The van der Waals surface area contributed by atoms with Gasteiger partial charge >= 0.3 is 0 Å². The molecular weight excluding hydrogens is 216 g/mol. The zero-order valence-electron chi connectivity index (χ0n) is 10.00. The Labute approximate surface area is 100 Å². The summed E-state index contributed by atoms with van der Waals surface area (Å²) in [6, 6.07) is 0. The van der Waals surface area contributed by atoms with E-state index in [9.17, 15) is 4.79 Å². The summed E-state index contributed by atoms with van der Waals surface area (Å²) in [4.78, 5) is 19.4. The predicted molar refractivity (Wildman–Crippen MR) is 64.2 cm³/mol. The van der Waals surface area contributed by atoms with Crippen molar-refractivity contribution < 1.29 is 4.74 Å². The van der Waals surface area contributed by atoms with Crippen LogP contribution in [0, 0.1) is 0 Å². The summed E-state index contributed by atoms with van der Waals surface area (Å²) in [5, 5.41) is 0. The van der Waals surface area contributed by atoms with Gasteiger partial charge in [-0.2, -0.15) is 0 Å². The third kappa shape index (κ3) is 2.27. The molecule has 0 aromatic carbocycles. The highest BCUT2D eigenvalue weighted by Crippen LogP contribution is 2.18. The van der Waals surface area contributed by atoms with E-state index in [4.69, 9.17) is 4.74 Å². The van der Waals surface area contributed by atoms with Crippen LogP contribution in [0.3, 0.4) is 0 Å². The zero-order valence-corrected chi connectivity index (χ0v) is 10.00. The molecule has 1 aliphatic heterocycles. The van der Waals surface area contributed by atoms with Crippen molar-refractivity contribution in [3.63, 3.8) is 0 Å². The molecule has 0 amide bonds. The van der Waals surface area contributed by atoms with E-state index >= 15 is 0 Å². The van der Waals surface area contributed by atoms with Crippen molar-refractivity contribution in [1.82, 2.24) is 9.97 Å². The smallest absolute Gasteiger partial charge is 0.254 e. The largest absolute Gasteiger partial charge is 0.378 e. The Bertz CT molecular complexity index is 461. The lowest BCUT2D eigenvalue weighted by Gasteiger charge is -2.15. The van der Waals surface area contributed by atoms with Crippen LogP contribution in [0.15, 0.2) is 4.79 Å². The molecule has 1 aliphatic carbocycles. The van der Waals surface area contributed by atoms with Crippen molar-refractivity contribution in [2.75, 3.05) is 6.61 Å². The molecule has 1 N–H and O–H groups in total. The molecule has 0 bridgehead atoms. The van der Waals surface area contributed by atoms with Gasteiger partial charge in [-0.3, -0.25) is 4.79 Å². The number of aryl methyl sites for hydroxylation is 1. The lowest BCUT2D eigenvalue weighted by molar-refractivity contribution is 0.109. The second kappa shape index (κ2) is 4.61. The molecule has 3 rings (SSSR count). The van der Waals surface area contributed by atoms with Gasteiger partial charge in [0.05, 0.1) is 11.8 Å². The van der Waals surface area contributed by atoms with Crippen molar-refractivity contribution >= 4 is 0 Å². The van der Waals surface area contributed by atoms with Crippen molar-refractivity contribution in [2.24, 2.45) is 0 Å². The molecule has 0 saturated carbocycles. The van der Waals surface area contributed by atoms with Gasteiger partial charge in [-0.25, -0.2) is 4.98 Å². The van der Waals surface area contributed by atoms with Gasteiger partial charge in [0, 0.05) is 18.6 Å². The quantitative estimate of drug-likeness (QED) is 0.841. The first-order valence-electron chi connectivity index (χ1n) is 6.55. The van der Waals surface area contributed by atoms with E-state index < -0.39 is 0 Å². The lowest BCUT2D eigenvalue weighted by Crippen LogP contribution is -2.24. The summed E-state index contributed by atoms with van der Waals surface area (Å²) in [6.07, 6.45) is 7.32. The minimum absolute atomic E-state index is 0.0719. The highest BCUT2D eigenvalue weighted by Gasteiger charge is 2.20. The van der Waals surface area contributed by atoms with Gasteiger partial charge < -0.3 is 9.72 Å². The Morgan fingerprint density at radius 1 is 1.29 bits per heavy atom. The minimum atomic E-state index is 0.0719. The second-order valence-corrected chi connectivity index (χ2v) is 4.98. The number of ether oxygens (including phenoxy) is 1. The van der Waals surface area contributed by atoms with Crippen LogP contribution < -0.4 is 5.56 Å². The normalized spacial score (nSPS) is 23.6. The van der Waals surface area contributed by atoms with Gasteiger partial charge in [-0.1, -0.05) is 0 Å². The Morgan fingerprint density at radius 2 is 2.18 bits per heavy atom. The average Bonchev–Trinajstić information content (AvgIpc) is 2.82. The monoisotopic (exact) mass is 234 g/mol. The number of nitrogens with zero attached hydrogens (tertiary/aromatic N) is 1. The van der Waals surface area contributed by atoms with E-state index in [1.54, 1.807) is 0 Å². The van der Waals surface area contributed by atoms with Gasteiger partial charge in [-0.05, 0) is 38.5 Å². The molecule has 2 aliphatic rings. The molecular formula is C13H18N2O2. The molecule has 92 valence electrons. The van der Waals surface area contributed by atoms with Crippen LogP contribution in [-0.2, 0) is 24.0 Å². The standard InChI is InChI=1S/C13H18N2O2/c16-13-10-5-1-2-6-11(10)14-12(15-13)8-9-4-3-7-17-9/h9H,1-8H2,(H,14,15,16). The number of hydrogen-bond acceptors (Lipinski definition) is 3. The summed E-state index contributed by atoms with van der Waals surface area (Å²) in [5.41, 5.74) is 2.00. The van der Waals surface area contributed by atoms with Gasteiger partial charge in [0.15, 0.2) is 0 Å². The first-order valence-corrected chi connectivity index (χ1v) is 6.55. The lowest BCUT2D eigenvalue weighted by atomic mass is 9.97. The molecule has 1 fully saturated rings. The van der Waals surface area contributed by atoms with E-state index in [2.05, 4.69) is 9.97 Å². The molecule has 1 saturated heterocycles. The molecule has 1 atom stereocenters. The molecule has 1 aromatic heterocycles. The molecule has 4 nitrogen and oxygen atoms in total. The topological polar surface area (TPSA) is 55.0 Å². The second-order valence-electron chi connectivity index (χ2n) is 4.98. The Balaban J connectivity index is 1.85. The van der Waals surface area contributed by atoms with Crippen molar-refractivity contribution in [1.29, 1.82) is 0 Å². The zero-order chi connectivity index (χ0) is 11.7. The van der Waals surface area contributed by atoms with Crippen LogP contribution in [0.1, 0.15) is 42.8 Å². The maximum Gasteiger partial charge on any atom is 0.254 e. The van der Waals surface area contributed by atoms with Gasteiger partial charge in [0.25, 0.3) is 5.56 Å². The van der Waals surface area contributed by atoms with Crippen LogP contribution >= 0.6 is 0 Å². The number of fused-ring (bicyclic) bond motifs is 1. The van der Waals surface area contributed by atoms with Crippen molar-refractivity contribution in [3.8, 4) is 0 Å². The summed E-state index contributed by atoms with van der Waals surface area (Å²) in [6.45, 7) is 0.847. The Kier molecular flexibility index (Phi) is 2.97. The average molecular weight is 234 g/mol. The fraction of sp³-hybridized carbons (Fsp3) is 0.692. The van der Waals surface area contributed by atoms with E-state index in [0.717, 1.165) is 68.6 Å². The first kappa shape index (κ1) is 11.0. The van der Waals surface area contributed by atoms with E-state index in [1.165, 1.54) is 0 Å². The van der Waals surface area contributed by atoms with Crippen LogP contribution in [0.25, 0.3) is 0 Å². The van der Waals surface area contributed by atoms with Crippen LogP contribution in [0.5, 0.6) is 0 Å². The van der Waals surface area contributed by atoms with Crippen LogP contribution in [-0.4, -0.2) is 22.7 Å². The maximum absolute atomic E-state index is 11.9. The summed E-state index contributed by atoms with van der Waals surface area (Å²) < 4.78 is 5.58. The minimum Gasteiger partial charge on any atom is -0.378 e. The number of rotatable bonds is 2. The number of H-pyrrole nitrogens is 1. The predicted octanol–water partition coefficient (Wildman–Crippen LogP) is 1.37. The summed E-state index contributed by atoms with van der Waals surface area (Å²) in [5.74, 6) is 0.808. The molecule has 1 aromatic rings. The maximum atomic E-state index is 11.9. The highest BCUT2D eigenvalue weighted by molar-refractivity contribution is 5.20. The molecule has 1 unspecified atom stereocenters. The summed E-state index contributed by atoms with van der Waals surface area (Å²) in [7, 11) is 0. The van der Waals surface area contributed by atoms with Crippen molar-refractivity contribution in [3.05, 3.63) is 27.4 Å². The molecule has 0 spiro atoms. The molecule has 0 radical (unpaired) electrons. The van der Waals surface area contributed by atoms with Gasteiger partial charge in [0.2, 0.25) is 0 Å². The molecule has 17 heavy (non-hydrogen) atoms. The Morgan fingerprint density at radius 3 is 3.00 bits per heavy atom. The van der Waals surface area contributed by atoms with Crippen molar-refractivity contribution in [2.45, 2.75) is 51.0 Å². The number of aromatic amines is 1. The fourth-order valence-corrected chi connectivity index (χ4v) is 2.77. The summed E-state index contributed by atoms with van der Waals surface area (Å²) >= 11 is 0. The van der Waals surface area contributed by atoms with E-state index in [1.807, 2.05) is 0 Å². The third-order valence-electron chi connectivity index (χ3n) is 3.69. The Hall–Kier alpha value is -1.16. The third-order valence-corrected chi connectivity index (χ3v) is 3.69.